The minimum Gasteiger partial charge on any atom is -0.465 e. The standard InChI is InChI=1S/C14H19NO3/c1-5-18-13(17)14(4,11(3)16)10(2)12-8-6-7-9-15-12/h6-10H,5H2,1-4H3/t10-,14?/m0/s1. The van der Waals surface area contributed by atoms with Gasteiger partial charge in [-0.3, -0.25) is 14.6 Å². The normalized spacial score (nSPS) is 15.6. The second-order valence-electron chi connectivity index (χ2n) is 4.46. The van der Waals surface area contributed by atoms with Crippen LogP contribution in [0.3, 0.4) is 0 Å². The molecule has 1 aromatic rings. The molecule has 4 nitrogen and oxygen atoms in total. The van der Waals surface area contributed by atoms with Crippen LogP contribution in [0.25, 0.3) is 0 Å². The van der Waals surface area contributed by atoms with Gasteiger partial charge in [-0.05, 0) is 32.9 Å². The van der Waals surface area contributed by atoms with Gasteiger partial charge in [0.1, 0.15) is 11.2 Å². The summed E-state index contributed by atoms with van der Waals surface area (Å²) in [6, 6.07) is 5.45. The fourth-order valence-corrected chi connectivity index (χ4v) is 1.83. The van der Waals surface area contributed by atoms with Crippen molar-refractivity contribution in [3.05, 3.63) is 30.1 Å². The van der Waals surface area contributed by atoms with Crippen LogP contribution >= 0.6 is 0 Å². The van der Waals surface area contributed by atoms with E-state index in [0.717, 1.165) is 0 Å². The quantitative estimate of drug-likeness (QED) is 0.593. The summed E-state index contributed by atoms with van der Waals surface area (Å²) in [4.78, 5) is 28.1. The molecule has 1 aromatic heterocycles. The fourth-order valence-electron chi connectivity index (χ4n) is 1.83. The molecule has 2 atom stereocenters. The minimum absolute atomic E-state index is 0.209. The lowest BCUT2D eigenvalue weighted by atomic mass is 9.73. The van der Waals surface area contributed by atoms with E-state index in [-0.39, 0.29) is 18.3 Å². The minimum atomic E-state index is -1.19. The maximum atomic E-state index is 12.1. The first-order valence-corrected chi connectivity index (χ1v) is 6.03. The third-order valence-electron chi connectivity index (χ3n) is 3.43. The van der Waals surface area contributed by atoms with E-state index in [1.807, 2.05) is 19.1 Å². The molecule has 0 fully saturated rings. The molecular weight excluding hydrogens is 230 g/mol. The molecule has 4 heteroatoms. The Labute approximate surface area is 107 Å². The van der Waals surface area contributed by atoms with Crippen molar-refractivity contribution in [2.45, 2.75) is 33.6 Å². The molecule has 0 spiro atoms. The van der Waals surface area contributed by atoms with E-state index in [2.05, 4.69) is 4.98 Å². The Kier molecular flexibility index (Phi) is 4.59. The average Bonchev–Trinajstić information content (AvgIpc) is 2.37. The monoisotopic (exact) mass is 249 g/mol. The van der Waals surface area contributed by atoms with Crippen LogP contribution in [0.5, 0.6) is 0 Å². The van der Waals surface area contributed by atoms with E-state index in [0.29, 0.717) is 5.69 Å². The molecule has 0 aromatic carbocycles. The number of pyridine rings is 1. The number of nitrogens with zero attached hydrogens (tertiary/aromatic N) is 1. The summed E-state index contributed by atoms with van der Waals surface area (Å²) in [7, 11) is 0. The summed E-state index contributed by atoms with van der Waals surface area (Å²) in [5.74, 6) is -1.02. The highest BCUT2D eigenvalue weighted by molar-refractivity contribution is 6.03. The van der Waals surface area contributed by atoms with Gasteiger partial charge in [-0.15, -0.1) is 0 Å². The highest BCUT2D eigenvalue weighted by atomic mass is 16.5. The van der Waals surface area contributed by atoms with Crippen LogP contribution < -0.4 is 0 Å². The molecule has 98 valence electrons. The summed E-state index contributed by atoms with van der Waals surface area (Å²) in [5.41, 5.74) is -0.479. The van der Waals surface area contributed by atoms with Crippen molar-refractivity contribution < 1.29 is 14.3 Å². The van der Waals surface area contributed by atoms with Crippen LogP contribution in [0.4, 0.5) is 0 Å². The van der Waals surface area contributed by atoms with Crippen LogP contribution in [0, 0.1) is 5.41 Å². The van der Waals surface area contributed by atoms with Gasteiger partial charge >= 0.3 is 5.97 Å². The van der Waals surface area contributed by atoms with Crippen molar-refractivity contribution in [3.8, 4) is 0 Å². The van der Waals surface area contributed by atoms with Gasteiger partial charge in [-0.25, -0.2) is 0 Å². The van der Waals surface area contributed by atoms with Gasteiger partial charge < -0.3 is 4.74 Å². The van der Waals surface area contributed by atoms with Crippen molar-refractivity contribution in [1.82, 2.24) is 4.98 Å². The number of rotatable bonds is 5. The van der Waals surface area contributed by atoms with Crippen molar-refractivity contribution in [2.24, 2.45) is 5.41 Å². The van der Waals surface area contributed by atoms with Crippen molar-refractivity contribution in [2.75, 3.05) is 6.61 Å². The Morgan fingerprint density at radius 1 is 1.44 bits per heavy atom. The lowest BCUT2D eigenvalue weighted by Gasteiger charge is -2.30. The highest BCUT2D eigenvalue weighted by Gasteiger charge is 2.46. The number of hydrogen-bond donors (Lipinski definition) is 0. The SMILES string of the molecule is CCOC(=O)C(C)(C(C)=O)[C@@H](C)c1ccccn1. The van der Waals surface area contributed by atoms with Crippen LogP contribution in [-0.4, -0.2) is 23.3 Å². The van der Waals surface area contributed by atoms with E-state index < -0.39 is 11.4 Å². The molecule has 1 unspecified atom stereocenters. The lowest BCUT2D eigenvalue weighted by molar-refractivity contribution is -0.159. The molecule has 0 amide bonds. The predicted octanol–water partition coefficient (Wildman–Crippen LogP) is 2.34. The number of esters is 1. The van der Waals surface area contributed by atoms with Crippen LogP contribution in [0.1, 0.15) is 39.3 Å². The Hall–Kier alpha value is -1.71. The number of carbonyl (C=O) groups excluding carboxylic acids is 2. The highest BCUT2D eigenvalue weighted by Crippen LogP contribution is 2.36. The number of aromatic nitrogens is 1. The molecule has 0 bridgehead atoms. The summed E-state index contributed by atoms with van der Waals surface area (Å²) in [6.07, 6.45) is 1.65. The van der Waals surface area contributed by atoms with E-state index in [1.54, 1.807) is 26.1 Å². The summed E-state index contributed by atoms with van der Waals surface area (Å²) >= 11 is 0. The van der Waals surface area contributed by atoms with Gasteiger partial charge in [0.2, 0.25) is 0 Å². The number of ketones is 1. The van der Waals surface area contributed by atoms with Gasteiger partial charge in [0.15, 0.2) is 0 Å². The van der Waals surface area contributed by atoms with Crippen molar-refractivity contribution in [3.63, 3.8) is 0 Å². The van der Waals surface area contributed by atoms with Crippen molar-refractivity contribution >= 4 is 11.8 Å². The molecule has 18 heavy (non-hydrogen) atoms. The number of carbonyl (C=O) groups is 2. The molecule has 1 rings (SSSR count). The Morgan fingerprint density at radius 2 is 2.11 bits per heavy atom. The van der Waals surface area contributed by atoms with E-state index in [4.69, 9.17) is 4.74 Å². The fraction of sp³-hybridized carbons (Fsp3) is 0.500. The molecule has 0 N–H and O–H groups in total. The second-order valence-corrected chi connectivity index (χ2v) is 4.46. The number of ether oxygens (including phenoxy) is 1. The largest absolute Gasteiger partial charge is 0.465 e. The molecule has 0 radical (unpaired) electrons. The first-order valence-electron chi connectivity index (χ1n) is 6.03. The molecule has 0 saturated carbocycles. The van der Waals surface area contributed by atoms with Gasteiger partial charge in [-0.2, -0.15) is 0 Å². The first-order chi connectivity index (χ1) is 8.44. The number of hydrogen-bond acceptors (Lipinski definition) is 4. The summed E-state index contributed by atoms with van der Waals surface area (Å²) < 4.78 is 5.02. The molecular formula is C14H19NO3. The third kappa shape index (κ3) is 2.58. The molecule has 0 aliphatic rings. The van der Waals surface area contributed by atoms with Crippen LogP contribution in [0.15, 0.2) is 24.4 Å². The topological polar surface area (TPSA) is 56.3 Å². The molecule has 0 aliphatic heterocycles. The van der Waals surface area contributed by atoms with Crippen LogP contribution in [0.2, 0.25) is 0 Å². The van der Waals surface area contributed by atoms with E-state index in [9.17, 15) is 9.59 Å². The van der Waals surface area contributed by atoms with Gasteiger partial charge in [0.05, 0.1) is 6.61 Å². The van der Waals surface area contributed by atoms with E-state index >= 15 is 0 Å². The maximum absolute atomic E-state index is 12.1. The van der Waals surface area contributed by atoms with Crippen LogP contribution in [-0.2, 0) is 14.3 Å². The lowest BCUT2D eigenvalue weighted by Crippen LogP contribution is -2.41. The predicted molar refractivity (Wildman–Crippen MR) is 68.1 cm³/mol. The molecule has 1 heterocycles. The second kappa shape index (κ2) is 5.76. The zero-order valence-corrected chi connectivity index (χ0v) is 11.3. The zero-order valence-electron chi connectivity index (χ0n) is 11.3. The average molecular weight is 249 g/mol. The van der Waals surface area contributed by atoms with Gasteiger partial charge in [0.25, 0.3) is 0 Å². The van der Waals surface area contributed by atoms with Gasteiger partial charge in [0, 0.05) is 17.8 Å². The zero-order chi connectivity index (χ0) is 13.8. The van der Waals surface area contributed by atoms with E-state index in [1.165, 1.54) is 6.92 Å². The summed E-state index contributed by atoms with van der Waals surface area (Å²) in [6.45, 7) is 6.84. The summed E-state index contributed by atoms with van der Waals surface area (Å²) in [5, 5.41) is 0. The molecule has 0 aliphatic carbocycles. The Bertz CT molecular complexity index is 430. The molecule has 0 saturated heterocycles. The maximum Gasteiger partial charge on any atom is 0.319 e. The van der Waals surface area contributed by atoms with Gasteiger partial charge in [-0.1, -0.05) is 13.0 Å². The Morgan fingerprint density at radius 3 is 2.56 bits per heavy atom. The third-order valence-corrected chi connectivity index (χ3v) is 3.43. The Balaban J connectivity index is 3.13. The van der Waals surface area contributed by atoms with Crippen molar-refractivity contribution in [1.29, 1.82) is 0 Å². The first kappa shape index (κ1) is 14.4. The number of Topliss-reactive ketones (excluding diaryl/α,β-unsaturated/α-hetero) is 1. The smallest absolute Gasteiger partial charge is 0.319 e.